The third kappa shape index (κ3) is 4.82. The quantitative estimate of drug-likeness (QED) is 0.317. The Morgan fingerprint density at radius 3 is 2.94 bits per heavy atom. The maximum Gasteiger partial charge on any atom is 0.274 e. The molecule has 5 nitrogen and oxygen atoms in total. The Balaban J connectivity index is 1.42. The van der Waals surface area contributed by atoms with E-state index in [1.54, 1.807) is 30.1 Å². The smallest absolute Gasteiger partial charge is 0.274 e. The highest BCUT2D eigenvalue weighted by Crippen LogP contribution is 2.34. The van der Waals surface area contributed by atoms with Crippen molar-refractivity contribution in [1.82, 2.24) is 19.9 Å². The minimum Gasteiger partial charge on any atom is -0.361 e. The lowest BCUT2D eigenvalue weighted by molar-refractivity contribution is 0.0745. The van der Waals surface area contributed by atoms with Crippen LogP contribution in [0.1, 0.15) is 33.9 Å². The summed E-state index contributed by atoms with van der Waals surface area (Å²) in [5, 5.41) is 1.74. The van der Waals surface area contributed by atoms with Crippen LogP contribution in [0.4, 0.5) is 4.39 Å². The van der Waals surface area contributed by atoms with Gasteiger partial charge in [0, 0.05) is 53.0 Å². The maximum atomic E-state index is 13.8. The SMILES string of the molecule is CSc1cncc(-c2sc(C)nc2C(=O)N(CCc2c[nH]c3ccc(F)cc23)CC2CC2)c1. The van der Waals surface area contributed by atoms with E-state index in [9.17, 15) is 9.18 Å². The van der Waals surface area contributed by atoms with Crippen LogP contribution < -0.4 is 0 Å². The van der Waals surface area contributed by atoms with Crippen LogP contribution in [0.25, 0.3) is 21.3 Å². The molecule has 170 valence electrons. The van der Waals surface area contributed by atoms with Crippen molar-refractivity contribution >= 4 is 39.9 Å². The molecule has 1 amide bonds. The van der Waals surface area contributed by atoms with Crippen LogP contribution in [0, 0.1) is 18.7 Å². The van der Waals surface area contributed by atoms with E-state index in [1.165, 1.54) is 17.4 Å². The van der Waals surface area contributed by atoms with Gasteiger partial charge in [-0.3, -0.25) is 9.78 Å². The lowest BCUT2D eigenvalue weighted by Gasteiger charge is -2.22. The largest absolute Gasteiger partial charge is 0.361 e. The number of carbonyl (C=O) groups is 1. The lowest BCUT2D eigenvalue weighted by atomic mass is 10.1. The summed E-state index contributed by atoms with van der Waals surface area (Å²) in [4.78, 5) is 29.8. The zero-order valence-electron chi connectivity index (χ0n) is 18.6. The molecule has 0 radical (unpaired) electrons. The number of benzene rings is 1. The first-order valence-corrected chi connectivity index (χ1v) is 13.1. The molecule has 5 rings (SSSR count). The van der Waals surface area contributed by atoms with E-state index in [4.69, 9.17) is 0 Å². The van der Waals surface area contributed by atoms with Crippen LogP contribution in [0.2, 0.25) is 0 Å². The molecule has 1 aliphatic carbocycles. The van der Waals surface area contributed by atoms with E-state index < -0.39 is 0 Å². The van der Waals surface area contributed by atoms with E-state index in [1.807, 2.05) is 30.5 Å². The highest BCUT2D eigenvalue weighted by atomic mass is 32.2. The highest BCUT2D eigenvalue weighted by Gasteiger charge is 2.30. The van der Waals surface area contributed by atoms with Gasteiger partial charge in [0.05, 0.1) is 9.88 Å². The topological polar surface area (TPSA) is 61.9 Å². The minimum absolute atomic E-state index is 0.0400. The van der Waals surface area contributed by atoms with Gasteiger partial charge in [-0.1, -0.05) is 0 Å². The molecule has 33 heavy (non-hydrogen) atoms. The number of rotatable bonds is 8. The van der Waals surface area contributed by atoms with Gasteiger partial charge < -0.3 is 9.88 Å². The Morgan fingerprint density at radius 2 is 2.15 bits per heavy atom. The van der Waals surface area contributed by atoms with E-state index >= 15 is 0 Å². The Hall–Kier alpha value is -2.71. The van der Waals surface area contributed by atoms with Gasteiger partial charge >= 0.3 is 0 Å². The Morgan fingerprint density at radius 1 is 1.30 bits per heavy atom. The molecule has 1 aliphatic rings. The van der Waals surface area contributed by atoms with Crippen molar-refractivity contribution in [3.63, 3.8) is 0 Å². The molecule has 0 saturated heterocycles. The van der Waals surface area contributed by atoms with E-state index in [-0.39, 0.29) is 11.7 Å². The van der Waals surface area contributed by atoms with Crippen molar-refractivity contribution in [2.45, 2.75) is 31.1 Å². The number of carbonyl (C=O) groups excluding carboxylic acids is 1. The number of hydrogen-bond acceptors (Lipinski definition) is 5. The number of aryl methyl sites for hydroxylation is 1. The first kappa shape index (κ1) is 22.1. The van der Waals surface area contributed by atoms with Crippen LogP contribution in [0.3, 0.4) is 0 Å². The maximum absolute atomic E-state index is 13.8. The molecule has 0 bridgehead atoms. The summed E-state index contributed by atoms with van der Waals surface area (Å²) in [7, 11) is 0. The van der Waals surface area contributed by atoms with Crippen LogP contribution >= 0.6 is 23.1 Å². The summed E-state index contributed by atoms with van der Waals surface area (Å²) in [5.41, 5.74) is 3.35. The van der Waals surface area contributed by atoms with Gasteiger partial charge in [-0.15, -0.1) is 23.1 Å². The molecule has 3 heterocycles. The summed E-state index contributed by atoms with van der Waals surface area (Å²) >= 11 is 3.16. The molecule has 0 aliphatic heterocycles. The van der Waals surface area contributed by atoms with Gasteiger partial charge in [0.2, 0.25) is 0 Å². The number of pyridine rings is 1. The number of aromatic nitrogens is 3. The molecule has 0 spiro atoms. The van der Waals surface area contributed by atoms with Crippen molar-refractivity contribution < 1.29 is 9.18 Å². The molecule has 1 N–H and O–H groups in total. The first-order chi connectivity index (χ1) is 16.0. The monoisotopic (exact) mass is 480 g/mol. The second-order valence-electron chi connectivity index (χ2n) is 8.47. The van der Waals surface area contributed by atoms with E-state index in [2.05, 4.69) is 21.0 Å². The second-order valence-corrected chi connectivity index (χ2v) is 10.6. The second kappa shape index (κ2) is 9.27. The van der Waals surface area contributed by atoms with Gasteiger partial charge in [-0.05, 0) is 68.2 Å². The van der Waals surface area contributed by atoms with Crippen LogP contribution in [-0.4, -0.2) is 45.1 Å². The fourth-order valence-electron chi connectivity index (χ4n) is 4.07. The highest BCUT2D eigenvalue weighted by molar-refractivity contribution is 7.98. The zero-order chi connectivity index (χ0) is 22.9. The zero-order valence-corrected chi connectivity index (χ0v) is 20.2. The summed E-state index contributed by atoms with van der Waals surface area (Å²) in [6, 6.07) is 6.83. The number of aromatic amines is 1. The number of H-pyrrole nitrogens is 1. The number of amides is 1. The Labute approximate surface area is 200 Å². The number of hydrogen-bond donors (Lipinski definition) is 1. The Bertz CT molecular complexity index is 1310. The van der Waals surface area contributed by atoms with E-state index in [0.717, 1.165) is 56.2 Å². The number of halogens is 1. The lowest BCUT2D eigenvalue weighted by Crippen LogP contribution is -2.35. The van der Waals surface area contributed by atoms with Gasteiger partial charge in [-0.2, -0.15) is 0 Å². The van der Waals surface area contributed by atoms with Crippen LogP contribution in [-0.2, 0) is 6.42 Å². The molecular formula is C25H25FN4OS2. The molecule has 0 atom stereocenters. The van der Waals surface area contributed by atoms with Crippen molar-refractivity contribution in [3.05, 3.63) is 64.9 Å². The summed E-state index contributed by atoms with van der Waals surface area (Å²) in [6.45, 7) is 3.23. The van der Waals surface area contributed by atoms with Gasteiger partial charge in [0.15, 0.2) is 0 Å². The molecule has 1 saturated carbocycles. The van der Waals surface area contributed by atoms with Crippen molar-refractivity contribution in [2.24, 2.45) is 5.92 Å². The Kier molecular flexibility index (Phi) is 6.21. The predicted molar refractivity (Wildman–Crippen MR) is 132 cm³/mol. The van der Waals surface area contributed by atoms with Gasteiger partial charge in [0.25, 0.3) is 5.91 Å². The van der Waals surface area contributed by atoms with Crippen LogP contribution in [0.5, 0.6) is 0 Å². The molecule has 0 unspecified atom stereocenters. The fourth-order valence-corrected chi connectivity index (χ4v) is 5.38. The molecule has 3 aromatic heterocycles. The third-order valence-electron chi connectivity index (χ3n) is 5.99. The summed E-state index contributed by atoms with van der Waals surface area (Å²) in [5.74, 6) is 0.263. The van der Waals surface area contributed by atoms with Gasteiger partial charge in [-0.25, -0.2) is 9.37 Å². The third-order valence-corrected chi connectivity index (χ3v) is 7.71. The van der Waals surface area contributed by atoms with Crippen molar-refractivity contribution in [3.8, 4) is 10.4 Å². The molecule has 1 aromatic carbocycles. The predicted octanol–water partition coefficient (Wildman–Crippen LogP) is 5.95. The number of nitrogens with one attached hydrogen (secondary N) is 1. The fraction of sp³-hybridized carbons (Fsp3) is 0.320. The number of fused-ring (bicyclic) bond motifs is 1. The molecular weight excluding hydrogens is 455 g/mol. The molecule has 1 fully saturated rings. The number of nitrogens with zero attached hydrogens (tertiary/aromatic N) is 3. The number of thiazole rings is 1. The van der Waals surface area contributed by atoms with Crippen molar-refractivity contribution in [1.29, 1.82) is 0 Å². The molecule has 4 aromatic rings. The molecule has 8 heteroatoms. The van der Waals surface area contributed by atoms with Crippen LogP contribution in [0.15, 0.2) is 47.8 Å². The minimum atomic E-state index is -0.252. The summed E-state index contributed by atoms with van der Waals surface area (Å²) in [6.07, 6.45) is 10.5. The summed E-state index contributed by atoms with van der Waals surface area (Å²) < 4.78 is 13.8. The average molecular weight is 481 g/mol. The van der Waals surface area contributed by atoms with Crippen molar-refractivity contribution in [2.75, 3.05) is 19.3 Å². The first-order valence-electron chi connectivity index (χ1n) is 11.0. The normalized spacial score (nSPS) is 13.5. The number of thioether (sulfide) groups is 1. The van der Waals surface area contributed by atoms with E-state index in [0.29, 0.717) is 24.6 Å². The van der Waals surface area contributed by atoms with Gasteiger partial charge in [0.1, 0.15) is 11.5 Å². The average Bonchev–Trinajstić information content (AvgIpc) is 3.43. The standard InChI is InChI=1S/C25H25FN4OS2/c1-15-29-23(24(33-15)18-9-20(32-2)13-27-11-18)25(31)30(14-16-3-4-16)8-7-17-12-28-22-6-5-19(26)10-21(17)22/h5-6,9-13,16,28H,3-4,7-8,14H2,1-2H3.